The van der Waals surface area contributed by atoms with Crippen molar-refractivity contribution in [2.75, 3.05) is 33.2 Å². The van der Waals surface area contributed by atoms with Crippen LogP contribution in [0.2, 0.25) is 0 Å². The molecule has 1 aliphatic rings. The first-order chi connectivity index (χ1) is 12.4. The van der Waals surface area contributed by atoms with E-state index in [1.54, 1.807) is 0 Å². The number of nitrogens with one attached hydrogen (secondary N) is 2. The van der Waals surface area contributed by atoms with Crippen LogP contribution >= 0.6 is 12.4 Å². The van der Waals surface area contributed by atoms with E-state index in [4.69, 9.17) is 0 Å². The SMILES string of the molecule is CNCCC1CCN(CC(=O)NCc2ccc(OC(F)(F)F)cc2)CC1.Cl. The molecular formula is C18H27ClF3N3O2. The van der Waals surface area contributed by atoms with Crippen molar-refractivity contribution in [3.05, 3.63) is 29.8 Å². The highest BCUT2D eigenvalue weighted by Crippen LogP contribution is 2.23. The number of halogens is 4. The highest BCUT2D eigenvalue weighted by Gasteiger charge is 2.30. The Bertz CT molecular complexity index is 562. The molecule has 1 saturated heterocycles. The molecule has 1 aliphatic heterocycles. The number of likely N-dealkylation sites (tertiary alicyclic amines) is 1. The van der Waals surface area contributed by atoms with E-state index >= 15 is 0 Å². The summed E-state index contributed by atoms with van der Waals surface area (Å²) in [5, 5.41) is 5.97. The summed E-state index contributed by atoms with van der Waals surface area (Å²) in [5.41, 5.74) is 0.721. The van der Waals surface area contributed by atoms with Gasteiger partial charge in [0.05, 0.1) is 6.54 Å². The van der Waals surface area contributed by atoms with Crippen LogP contribution in [0.1, 0.15) is 24.8 Å². The molecule has 0 atom stereocenters. The highest BCUT2D eigenvalue weighted by atomic mass is 35.5. The number of benzene rings is 1. The molecule has 0 bridgehead atoms. The van der Waals surface area contributed by atoms with Crippen LogP contribution < -0.4 is 15.4 Å². The average Bonchev–Trinajstić information content (AvgIpc) is 2.59. The van der Waals surface area contributed by atoms with Gasteiger partial charge in [-0.15, -0.1) is 25.6 Å². The van der Waals surface area contributed by atoms with Gasteiger partial charge in [0.15, 0.2) is 0 Å². The number of hydrogen-bond acceptors (Lipinski definition) is 4. The van der Waals surface area contributed by atoms with Crippen LogP contribution in [0.25, 0.3) is 0 Å². The quantitative estimate of drug-likeness (QED) is 0.693. The highest BCUT2D eigenvalue weighted by molar-refractivity contribution is 5.85. The second kappa shape index (κ2) is 11.4. The third kappa shape index (κ3) is 9.30. The Morgan fingerprint density at radius 2 is 1.85 bits per heavy atom. The molecule has 1 heterocycles. The average molecular weight is 410 g/mol. The molecule has 0 aliphatic carbocycles. The summed E-state index contributed by atoms with van der Waals surface area (Å²) in [5.74, 6) is 0.377. The molecule has 2 rings (SSSR count). The zero-order valence-electron chi connectivity index (χ0n) is 15.3. The molecule has 0 unspecified atom stereocenters. The number of rotatable bonds is 8. The van der Waals surface area contributed by atoms with Crippen molar-refractivity contribution in [2.24, 2.45) is 5.92 Å². The van der Waals surface area contributed by atoms with Gasteiger partial charge in [-0.2, -0.15) is 0 Å². The summed E-state index contributed by atoms with van der Waals surface area (Å²) in [6.45, 7) is 3.51. The molecule has 2 N–H and O–H groups in total. The molecule has 0 radical (unpaired) electrons. The van der Waals surface area contributed by atoms with Crippen LogP contribution in [0.3, 0.4) is 0 Å². The van der Waals surface area contributed by atoms with Crippen LogP contribution in [0.4, 0.5) is 13.2 Å². The van der Waals surface area contributed by atoms with E-state index in [-0.39, 0.29) is 30.6 Å². The van der Waals surface area contributed by atoms with Gasteiger partial charge in [0.2, 0.25) is 5.91 Å². The first-order valence-electron chi connectivity index (χ1n) is 8.84. The third-order valence-corrected chi connectivity index (χ3v) is 4.52. The smallest absolute Gasteiger partial charge is 0.406 e. The minimum absolute atomic E-state index is 0. The van der Waals surface area contributed by atoms with Gasteiger partial charge in [-0.25, -0.2) is 0 Å². The summed E-state index contributed by atoms with van der Waals surface area (Å²) >= 11 is 0. The minimum atomic E-state index is -4.70. The van der Waals surface area contributed by atoms with Gasteiger partial charge >= 0.3 is 6.36 Å². The minimum Gasteiger partial charge on any atom is -0.406 e. The van der Waals surface area contributed by atoms with Gasteiger partial charge in [0.25, 0.3) is 0 Å². The number of amides is 1. The lowest BCUT2D eigenvalue weighted by atomic mass is 9.93. The molecule has 1 amide bonds. The fraction of sp³-hybridized carbons (Fsp3) is 0.611. The molecule has 0 spiro atoms. The van der Waals surface area contributed by atoms with Crippen molar-refractivity contribution < 1.29 is 22.7 Å². The number of carbonyl (C=O) groups is 1. The van der Waals surface area contributed by atoms with Crippen LogP contribution in [0.5, 0.6) is 5.75 Å². The van der Waals surface area contributed by atoms with Crippen LogP contribution in [0.15, 0.2) is 24.3 Å². The van der Waals surface area contributed by atoms with Crippen LogP contribution in [-0.4, -0.2) is 50.4 Å². The summed E-state index contributed by atoms with van der Waals surface area (Å²) in [7, 11) is 1.95. The van der Waals surface area contributed by atoms with E-state index in [1.807, 2.05) is 7.05 Å². The number of hydrogen-bond donors (Lipinski definition) is 2. The topological polar surface area (TPSA) is 53.6 Å². The Balaban J connectivity index is 0.00000364. The maximum atomic E-state index is 12.1. The molecule has 9 heteroatoms. The molecule has 0 aromatic heterocycles. The van der Waals surface area contributed by atoms with Crippen molar-refractivity contribution in [3.63, 3.8) is 0 Å². The van der Waals surface area contributed by atoms with E-state index in [0.29, 0.717) is 6.54 Å². The largest absolute Gasteiger partial charge is 0.573 e. The number of ether oxygens (including phenoxy) is 1. The Morgan fingerprint density at radius 3 is 2.41 bits per heavy atom. The molecule has 0 saturated carbocycles. The van der Waals surface area contributed by atoms with Crippen molar-refractivity contribution >= 4 is 18.3 Å². The van der Waals surface area contributed by atoms with E-state index in [2.05, 4.69) is 20.3 Å². The van der Waals surface area contributed by atoms with E-state index < -0.39 is 6.36 Å². The molecule has 27 heavy (non-hydrogen) atoms. The third-order valence-electron chi connectivity index (χ3n) is 4.52. The normalized spacial score (nSPS) is 15.9. The summed E-state index contributed by atoms with van der Waals surface area (Å²) < 4.78 is 40.2. The van der Waals surface area contributed by atoms with Gasteiger partial charge in [-0.1, -0.05) is 12.1 Å². The number of piperidine rings is 1. The number of alkyl halides is 3. The fourth-order valence-corrected chi connectivity index (χ4v) is 3.05. The molecular weight excluding hydrogens is 383 g/mol. The standard InChI is InChI=1S/C18H26F3N3O2.ClH/c1-22-9-6-14-7-10-24(11-8-14)13-17(25)23-12-15-2-4-16(5-3-15)26-18(19,20)21;/h2-5,14,22H,6-13H2,1H3,(H,23,25);1H. The summed E-state index contributed by atoms with van der Waals surface area (Å²) in [4.78, 5) is 14.2. The predicted molar refractivity (Wildman–Crippen MR) is 99.9 cm³/mol. The van der Waals surface area contributed by atoms with Crippen molar-refractivity contribution in [1.82, 2.24) is 15.5 Å². The summed E-state index contributed by atoms with van der Waals surface area (Å²) in [6, 6.07) is 5.50. The number of nitrogens with zero attached hydrogens (tertiary/aromatic N) is 1. The van der Waals surface area contributed by atoms with Crippen molar-refractivity contribution in [2.45, 2.75) is 32.2 Å². The lowest BCUT2D eigenvalue weighted by Crippen LogP contribution is -2.41. The monoisotopic (exact) mass is 409 g/mol. The van der Waals surface area contributed by atoms with Crippen LogP contribution in [-0.2, 0) is 11.3 Å². The van der Waals surface area contributed by atoms with Gasteiger partial charge < -0.3 is 15.4 Å². The molecule has 5 nitrogen and oxygen atoms in total. The van der Waals surface area contributed by atoms with Gasteiger partial charge in [0.1, 0.15) is 5.75 Å². The zero-order valence-corrected chi connectivity index (χ0v) is 16.2. The molecule has 1 fully saturated rings. The first-order valence-corrected chi connectivity index (χ1v) is 8.84. The van der Waals surface area contributed by atoms with Crippen molar-refractivity contribution in [3.8, 4) is 5.75 Å². The van der Waals surface area contributed by atoms with Crippen molar-refractivity contribution in [1.29, 1.82) is 0 Å². The van der Waals surface area contributed by atoms with Gasteiger partial charge in [0, 0.05) is 6.54 Å². The van der Waals surface area contributed by atoms with Gasteiger partial charge in [-0.3, -0.25) is 9.69 Å². The first kappa shape index (κ1) is 23.5. The second-order valence-electron chi connectivity index (χ2n) is 6.58. The maximum absolute atomic E-state index is 12.1. The van der Waals surface area contributed by atoms with Gasteiger partial charge in [-0.05, 0) is 69.6 Å². The molecule has 1 aromatic rings. The number of carbonyl (C=O) groups excluding carboxylic acids is 1. The predicted octanol–water partition coefficient (Wildman–Crippen LogP) is 2.94. The lowest BCUT2D eigenvalue weighted by Gasteiger charge is -2.31. The molecule has 1 aromatic carbocycles. The molecule has 154 valence electrons. The lowest BCUT2D eigenvalue weighted by molar-refractivity contribution is -0.274. The Kier molecular flexibility index (Phi) is 9.90. The Morgan fingerprint density at radius 1 is 1.22 bits per heavy atom. The van der Waals surface area contributed by atoms with E-state index in [9.17, 15) is 18.0 Å². The van der Waals surface area contributed by atoms with E-state index in [0.717, 1.165) is 44.0 Å². The van der Waals surface area contributed by atoms with Crippen LogP contribution in [0, 0.1) is 5.92 Å². The summed E-state index contributed by atoms with van der Waals surface area (Å²) in [6.07, 6.45) is -1.31. The fourth-order valence-electron chi connectivity index (χ4n) is 3.05. The van der Waals surface area contributed by atoms with E-state index in [1.165, 1.54) is 30.7 Å². The Labute approximate surface area is 164 Å². The maximum Gasteiger partial charge on any atom is 0.573 e. The Hall–Kier alpha value is -1.51. The zero-order chi connectivity index (χ0) is 19.0. The second-order valence-corrected chi connectivity index (χ2v) is 6.58.